The second kappa shape index (κ2) is 4.66. The molecule has 0 aromatic carbocycles. The van der Waals surface area contributed by atoms with Gasteiger partial charge >= 0.3 is 0 Å². The van der Waals surface area contributed by atoms with Crippen molar-refractivity contribution in [3.63, 3.8) is 0 Å². The van der Waals surface area contributed by atoms with Gasteiger partial charge in [-0.2, -0.15) is 0 Å². The second-order valence-electron chi connectivity index (χ2n) is 2.72. The third-order valence-corrected chi connectivity index (χ3v) is 4.45. The Balaban J connectivity index is 1.98. The van der Waals surface area contributed by atoms with Gasteiger partial charge in [0.25, 0.3) is 0 Å². The summed E-state index contributed by atoms with van der Waals surface area (Å²) in [6.07, 6.45) is 0. The summed E-state index contributed by atoms with van der Waals surface area (Å²) in [7, 11) is 0. The number of hydrogen-bond donors (Lipinski definition) is 1. The molecule has 0 saturated carbocycles. The Kier molecular flexibility index (Phi) is 3.49. The van der Waals surface area contributed by atoms with Crippen molar-refractivity contribution in [2.45, 2.75) is 6.54 Å². The van der Waals surface area contributed by atoms with Crippen LogP contribution in [0, 0.1) is 0 Å². The fourth-order valence-corrected chi connectivity index (χ4v) is 3.14. The van der Waals surface area contributed by atoms with Gasteiger partial charge in [0.2, 0.25) is 0 Å². The molecular formula is C9H7BrClNS2. The van der Waals surface area contributed by atoms with Crippen LogP contribution >= 0.6 is 50.2 Å². The first-order chi connectivity index (χ1) is 6.75. The third-order valence-electron chi connectivity index (χ3n) is 1.72. The first-order valence-electron chi connectivity index (χ1n) is 3.95. The lowest BCUT2D eigenvalue weighted by Crippen LogP contribution is -1.96. The molecule has 1 nitrogen and oxygen atoms in total. The summed E-state index contributed by atoms with van der Waals surface area (Å²) in [6, 6.07) is 4.10. The number of rotatable bonds is 3. The molecule has 0 atom stereocenters. The lowest BCUT2D eigenvalue weighted by molar-refractivity contribution is 1.17. The number of hydrogen-bond acceptors (Lipinski definition) is 3. The monoisotopic (exact) mass is 307 g/mol. The van der Waals surface area contributed by atoms with Crippen molar-refractivity contribution >= 4 is 55.9 Å². The van der Waals surface area contributed by atoms with Gasteiger partial charge in [-0.3, -0.25) is 0 Å². The molecule has 0 aliphatic carbocycles. The van der Waals surface area contributed by atoms with Gasteiger partial charge in [0.1, 0.15) is 4.34 Å². The smallest absolute Gasteiger partial charge is 0.116 e. The molecule has 0 amide bonds. The summed E-state index contributed by atoms with van der Waals surface area (Å²) in [6.45, 7) is 0.818. The van der Waals surface area contributed by atoms with Crippen molar-refractivity contribution in [3.8, 4) is 0 Å². The number of nitrogens with one attached hydrogen (secondary N) is 1. The van der Waals surface area contributed by atoms with E-state index >= 15 is 0 Å². The van der Waals surface area contributed by atoms with Crippen molar-refractivity contribution in [2.24, 2.45) is 0 Å². The van der Waals surface area contributed by atoms with Crippen LogP contribution in [0.4, 0.5) is 5.69 Å². The van der Waals surface area contributed by atoms with Crippen molar-refractivity contribution in [2.75, 3.05) is 5.32 Å². The fourth-order valence-electron chi connectivity index (χ4n) is 1.05. The molecule has 0 aliphatic rings. The second-order valence-corrected chi connectivity index (χ2v) is 6.53. The van der Waals surface area contributed by atoms with E-state index in [1.54, 1.807) is 22.7 Å². The lowest BCUT2D eigenvalue weighted by Gasteiger charge is -2.01. The van der Waals surface area contributed by atoms with Crippen molar-refractivity contribution in [1.82, 2.24) is 0 Å². The minimum Gasteiger partial charge on any atom is -0.379 e. The molecule has 0 aliphatic heterocycles. The molecule has 0 unspecified atom stereocenters. The molecule has 0 saturated heterocycles. The molecule has 1 N–H and O–H groups in total. The zero-order valence-electron chi connectivity index (χ0n) is 7.09. The average Bonchev–Trinajstić information content (AvgIpc) is 2.72. The maximum atomic E-state index is 5.96. The average molecular weight is 309 g/mol. The number of halogens is 2. The topological polar surface area (TPSA) is 12.0 Å². The van der Waals surface area contributed by atoms with E-state index in [1.165, 1.54) is 5.56 Å². The Morgan fingerprint density at radius 1 is 1.43 bits per heavy atom. The summed E-state index contributed by atoms with van der Waals surface area (Å²) >= 11 is 12.6. The molecular weight excluding hydrogens is 302 g/mol. The van der Waals surface area contributed by atoms with E-state index in [2.05, 4.69) is 32.7 Å². The predicted octanol–water partition coefficient (Wildman–Crippen LogP) is 4.84. The highest BCUT2D eigenvalue weighted by Crippen LogP contribution is 2.28. The Bertz CT molecular complexity index is 424. The summed E-state index contributed by atoms with van der Waals surface area (Å²) in [5, 5.41) is 7.39. The van der Waals surface area contributed by atoms with Crippen molar-refractivity contribution in [3.05, 3.63) is 36.6 Å². The summed E-state index contributed by atoms with van der Waals surface area (Å²) < 4.78 is 1.98. The molecule has 0 fully saturated rings. The lowest BCUT2D eigenvalue weighted by atomic mass is 10.3. The first kappa shape index (κ1) is 10.5. The molecule has 2 aromatic heterocycles. The molecule has 74 valence electrons. The van der Waals surface area contributed by atoms with Crippen LogP contribution in [-0.2, 0) is 6.54 Å². The van der Waals surface area contributed by atoms with Gasteiger partial charge in [-0.15, -0.1) is 22.7 Å². The summed E-state index contributed by atoms with van der Waals surface area (Å²) in [5.74, 6) is 0. The predicted molar refractivity (Wildman–Crippen MR) is 68.7 cm³/mol. The van der Waals surface area contributed by atoms with Crippen LogP contribution in [0.5, 0.6) is 0 Å². The highest BCUT2D eigenvalue weighted by atomic mass is 79.9. The maximum absolute atomic E-state index is 5.96. The molecule has 0 bridgehead atoms. The Hall–Kier alpha value is -0.0300. The van der Waals surface area contributed by atoms with E-state index in [4.69, 9.17) is 11.6 Å². The van der Waals surface area contributed by atoms with Crippen LogP contribution in [0.15, 0.2) is 26.7 Å². The van der Waals surface area contributed by atoms with E-state index in [0.717, 1.165) is 20.4 Å². The zero-order valence-corrected chi connectivity index (χ0v) is 11.1. The van der Waals surface area contributed by atoms with E-state index in [0.29, 0.717) is 0 Å². The van der Waals surface area contributed by atoms with Gasteiger partial charge in [0.15, 0.2) is 0 Å². The molecule has 2 rings (SSSR count). The largest absolute Gasteiger partial charge is 0.379 e. The van der Waals surface area contributed by atoms with Gasteiger partial charge in [0.05, 0.1) is 9.47 Å². The van der Waals surface area contributed by atoms with Crippen molar-refractivity contribution < 1.29 is 0 Å². The van der Waals surface area contributed by atoms with Gasteiger partial charge in [0, 0.05) is 6.54 Å². The summed E-state index contributed by atoms with van der Waals surface area (Å²) in [5.41, 5.74) is 2.28. The number of anilines is 1. The maximum Gasteiger partial charge on any atom is 0.116 e. The third kappa shape index (κ3) is 2.51. The molecule has 14 heavy (non-hydrogen) atoms. The minimum absolute atomic E-state index is 0.818. The normalized spacial score (nSPS) is 10.4. The molecule has 2 heterocycles. The Morgan fingerprint density at radius 3 is 2.86 bits per heavy atom. The summed E-state index contributed by atoms with van der Waals surface area (Å²) in [4.78, 5) is 0. The van der Waals surface area contributed by atoms with Crippen LogP contribution in [0.1, 0.15) is 5.56 Å². The van der Waals surface area contributed by atoms with Crippen LogP contribution < -0.4 is 5.32 Å². The zero-order chi connectivity index (χ0) is 9.97. The molecule has 2 aromatic rings. The Morgan fingerprint density at radius 2 is 2.29 bits per heavy atom. The van der Waals surface area contributed by atoms with E-state index < -0.39 is 0 Å². The standard InChI is InChI=1S/C9H7BrClNS2/c10-8-3-6(5-14-8)4-12-7-1-2-13-9(7)11/h1-3,5,12H,4H2. The fraction of sp³-hybridized carbons (Fsp3) is 0.111. The highest BCUT2D eigenvalue weighted by Gasteiger charge is 2.01. The van der Waals surface area contributed by atoms with E-state index in [9.17, 15) is 0 Å². The SMILES string of the molecule is Clc1sccc1NCc1csc(Br)c1. The van der Waals surface area contributed by atoms with Gasteiger partial charge in [-0.1, -0.05) is 11.6 Å². The quantitative estimate of drug-likeness (QED) is 0.855. The highest BCUT2D eigenvalue weighted by molar-refractivity contribution is 9.11. The van der Waals surface area contributed by atoms with Crippen LogP contribution in [0.3, 0.4) is 0 Å². The Labute approximate surface area is 104 Å². The molecule has 5 heteroatoms. The first-order valence-corrected chi connectivity index (χ1v) is 6.88. The van der Waals surface area contributed by atoms with E-state index in [1.807, 2.05) is 11.4 Å². The van der Waals surface area contributed by atoms with Crippen LogP contribution in [0.25, 0.3) is 0 Å². The van der Waals surface area contributed by atoms with Crippen molar-refractivity contribution in [1.29, 1.82) is 0 Å². The number of thiophene rings is 2. The van der Waals surface area contributed by atoms with Gasteiger partial charge < -0.3 is 5.32 Å². The van der Waals surface area contributed by atoms with Gasteiger partial charge in [-0.25, -0.2) is 0 Å². The van der Waals surface area contributed by atoms with Crippen LogP contribution in [0.2, 0.25) is 4.34 Å². The molecule has 0 spiro atoms. The van der Waals surface area contributed by atoms with Crippen LogP contribution in [-0.4, -0.2) is 0 Å². The van der Waals surface area contributed by atoms with E-state index in [-0.39, 0.29) is 0 Å². The molecule has 0 radical (unpaired) electrons. The minimum atomic E-state index is 0.818. The van der Waals surface area contributed by atoms with Gasteiger partial charge in [-0.05, 0) is 44.4 Å².